The average Bonchev–Trinajstić information content (AvgIpc) is 3.29. The summed E-state index contributed by atoms with van der Waals surface area (Å²) in [6, 6.07) is 0. The third-order valence-corrected chi connectivity index (χ3v) is 11.7. The maximum Gasteiger partial charge on any atom is 0.306 e. The van der Waals surface area contributed by atoms with Gasteiger partial charge >= 0.3 is 17.9 Å². The van der Waals surface area contributed by atoms with Gasteiger partial charge in [0.1, 0.15) is 13.1 Å². The first-order valence-corrected chi connectivity index (χ1v) is 27.0. The highest BCUT2D eigenvalue weighted by atomic mass is 16.6. The smallest absolute Gasteiger partial charge is 0.306 e. The highest BCUT2D eigenvalue weighted by molar-refractivity contribution is 5.71. The van der Waals surface area contributed by atoms with E-state index < -0.39 is 37.1 Å². The maximum atomic E-state index is 13.1. The van der Waals surface area contributed by atoms with Crippen LogP contribution in [0.15, 0.2) is 36.5 Å². The van der Waals surface area contributed by atoms with Gasteiger partial charge in [0, 0.05) is 19.3 Å². The summed E-state index contributed by atoms with van der Waals surface area (Å²) >= 11 is 0. The summed E-state index contributed by atoms with van der Waals surface area (Å²) in [5.41, 5.74) is 0. The van der Waals surface area contributed by atoms with Gasteiger partial charge in [0.2, 0.25) is 0 Å². The number of carbonyl (C=O) groups excluding carboxylic acids is 3. The molecule has 6 nitrogen and oxygen atoms in total. The van der Waals surface area contributed by atoms with E-state index in [1.165, 1.54) is 116 Å². The Morgan fingerprint density at radius 2 is 0.571 bits per heavy atom. The molecule has 0 aromatic carbocycles. The Hall–Kier alpha value is -2.37. The molecule has 0 radical (unpaired) electrons. The lowest BCUT2D eigenvalue weighted by atomic mass is 10.1. The predicted molar refractivity (Wildman–Crippen MR) is 270 cm³/mol. The van der Waals surface area contributed by atoms with Crippen molar-refractivity contribution in [2.75, 3.05) is 13.1 Å². The standard InChI is InChI=1S/C57H104O6/c1-4-7-10-13-16-19-22-25-28-31-34-37-40-43-46-49-55(58)61-52-54(63-57(60)51-48-45-42-39-36-33-30-27-24-21-18-15-12-9-6-3)53-62-56(59)50-47-44-41-38-35-32-29-26-23-20-17-14-11-8-5-2/h25-30,54H,4-24,31-53H2,1-3H3/b28-25+,29-26+,30-27+/i52D2,53D2,54D. The second-order valence-electron chi connectivity index (χ2n) is 18.0. The van der Waals surface area contributed by atoms with Crippen LogP contribution in [0.5, 0.6) is 0 Å². The number of hydrogen-bond acceptors (Lipinski definition) is 6. The molecule has 0 aromatic rings. The average molecular weight is 890 g/mol. The van der Waals surface area contributed by atoms with Crippen LogP contribution >= 0.6 is 0 Å². The van der Waals surface area contributed by atoms with Crippen LogP contribution in [0.2, 0.25) is 0 Å². The molecule has 0 aliphatic carbocycles. The Bertz CT molecular complexity index is 1220. The van der Waals surface area contributed by atoms with Gasteiger partial charge in [-0.1, -0.05) is 211 Å². The highest BCUT2D eigenvalue weighted by Crippen LogP contribution is 2.15. The molecule has 0 N–H and O–H groups in total. The van der Waals surface area contributed by atoms with Crippen LogP contribution in [0.25, 0.3) is 0 Å². The summed E-state index contributed by atoms with van der Waals surface area (Å²) < 4.78 is 58.9. The molecule has 0 saturated heterocycles. The Balaban J connectivity index is 5.03. The third kappa shape index (κ3) is 50.5. The van der Waals surface area contributed by atoms with Crippen molar-refractivity contribution in [1.29, 1.82) is 0 Å². The summed E-state index contributed by atoms with van der Waals surface area (Å²) in [5.74, 6) is -2.98. The number of unbranched alkanes of at least 4 members (excludes halogenated alkanes) is 33. The minimum atomic E-state index is -3.50. The van der Waals surface area contributed by atoms with Crippen molar-refractivity contribution in [2.24, 2.45) is 0 Å². The molecule has 0 amide bonds. The molecule has 0 aliphatic heterocycles. The summed E-state index contributed by atoms with van der Waals surface area (Å²) in [6.07, 6.45) is 51.5. The van der Waals surface area contributed by atoms with Gasteiger partial charge in [0.05, 0.1) is 6.85 Å². The Morgan fingerprint density at radius 3 is 0.841 bits per heavy atom. The first kappa shape index (κ1) is 51.6. The third-order valence-electron chi connectivity index (χ3n) is 11.7. The lowest BCUT2D eigenvalue weighted by molar-refractivity contribution is -0.167. The van der Waals surface area contributed by atoms with E-state index in [2.05, 4.69) is 57.2 Å². The fraction of sp³-hybridized carbons (Fsp3) is 0.842. The fourth-order valence-corrected chi connectivity index (χ4v) is 7.56. The van der Waals surface area contributed by atoms with E-state index in [4.69, 9.17) is 21.1 Å². The zero-order valence-corrected chi connectivity index (χ0v) is 41.6. The Kier molecular flexibility index (Phi) is 42.8. The van der Waals surface area contributed by atoms with Gasteiger partial charge in [-0.15, -0.1) is 0 Å². The van der Waals surface area contributed by atoms with Crippen molar-refractivity contribution in [3.8, 4) is 0 Å². The van der Waals surface area contributed by atoms with E-state index >= 15 is 0 Å². The largest absolute Gasteiger partial charge is 0.462 e. The highest BCUT2D eigenvalue weighted by Gasteiger charge is 2.19. The quantitative estimate of drug-likeness (QED) is 0.0262. The molecular formula is C57H104O6. The van der Waals surface area contributed by atoms with Gasteiger partial charge in [-0.25, -0.2) is 0 Å². The van der Waals surface area contributed by atoms with Crippen molar-refractivity contribution < 1.29 is 35.4 Å². The summed E-state index contributed by atoms with van der Waals surface area (Å²) in [6.45, 7) is -0.224. The van der Waals surface area contributed by atoms with E-state index in [1.807, 2.05) is 0 Å². The number of carbonyl (C=O) groups is 3. The SMILES string of the molecule is [2H]C([2H])(OC(=O)CCCCCCC/C=C/CCCCCCCC)C([2H])(OC(=O)CCCCCCC/C=C/CCCCCCCC)C([2H])([2H])OC(=O)CCCCCCC/C=C/CCCCCCCC. The van der Waals surface area contributed by atoms with Crippen molar-refractivity contribution in [3.63, 3.8) is 0 Å². The lowest BCUT2D eigenvalue weighted by Gasteiger charge is -2.18. The van der Waals surface area contributed by atoms with Gasteiger partial charge in [-0.3, -0.25) is 14.4 Å². The number of allylic oxidation sites excluding steroid dienone is 6. The predicted octanol–water partition coefficient (Wildman–Crippen LogP) is 18.1. The van der Waals surface area contributed by atoms with Crippen molar-refractivity contribution in [2.45, 2.75) is 297 Å². The molecule has 0 aromatic heterocycles. The molecule has 0 aliphatic rings. The summed E-state index contributed by atoms with van der Waals surface area (Å²) in [7, 11) is 0. The number of rotatable bonds is 50. The number of hydrogen-bond donors (Lipinski definition) is 0. The molecule has 6 heteroatoms. The Morgan fingerprint density at radius 1 is 0.349 bits per heavy atom. The molecule has 0 atom stereocenters. The normalized spacial score (nSPS) is 13.6. The molecule has 0 saturated carbocycles. The van der Waals surface area contributed by atoms with E-state index in [0.717, 1.165) is 109 Å². The maximum absolute atomic E-state index is 13.1. The molecule has 0 heterocycles. The van der Waals surface area contributed by atoms with Gasteiger partial charge < -0.3 is 14.2 Å². The van der Waals surface area contributed by atoms with Crippen LogP contribution in [-0.4, -0.2) is 37.1 Å². The molecule has 0 unspecified atom stereocenters. The summed E-state index contributed by atoms with van der Waals surface area (Å²) in [5, 5.41) is 0. The van der Waals surface area contributed by atoms with E-state index in [9.17, 15) is 14.4 Å². The number of esters is 3. The molecule has 368 valence electrons. The first-order chi connectivity index (χ1) is 32.9. The molecule has 0 bridgehead atoms. The van der Waals surface area contributed by atoms with E-state index in [-0.39, 0.29) is 19.3 Å². The molecular weight excluding hydrogens is 781 g/mol. The van der Waals surface area contributed by atoms with Crippen molar-refractivity contribution >= 4 is 17.9 Å². The zero-order valence-electron chi connectivity index (χ0n) is 46.6. The lowest BCUT2D eigenvalue weighted by Crippen LogP contribution is -2.30. The zero-order chi connectivity index (χ0) is 50.3. The molecule has 0 rings (SSSR count). The van der Waals surface area contributed by atoms with Crippen LogP contribution in [0.3, 0.4) is 0 Å². The van der Waals surface area contributed by atoms with Crippen LogP contribution in [0, 0.1) is 0 Å². The minimum Gasteiger partial charge on any atom is -0.462 e. The van der Waals surface area contributed by atoms with Gasteiger partial charge in [-0.05, 0) is 96.3 Å². The van der Waals surface area contributed by atoms with Crippen LogP contribution in [-0.2, 0) is 28.6 Å². The molecule has 0 spiro atoms. The second kappa shape index (κ2) is 52.3. The Labute approximate surface area is 398 Å². The van der Waals surface area contributed by atoms with Crippen LogP contribution in [0.1, 0.15) is 297 Å². The fourth-order valence-electron chi connectivity index (χ4n) is 7.56. The van der Waals surface area contributed by atoms with E-state index in [0.29, 0.717) is 25.7 Å². The van der Waals surface area contributed by atoms with Gasteiger partial charge in [0.25, 0.3) is 0 Å². The monoisotopic (exact) mass is 890 g/mol. The van der Waals surface area contributed by atoms with Crippen LogP contribution in [0.4, 0.5) is 0 Å². The molecule has 0 fully saturated rings. The second-order valence-corrected chi connectivity index (χ2v) is 18.0. The van der Waals surface area contributed by atoms with Crippen molar-refractivity contribution in [1.82, 2.24) is 0 Å². The van der Waals surface area contributed by atoms with Crippen molar-refractivity contribution in [3.05, 3.63) is 36.5 Å². The minimum absolute atomic E-state index is 0.144. The van der Waals surface area contributed by atoms with Gasteiger partial charge in [0.15, 0.2) is 6.08 Å². The van der Waals surface area contributed by atoms with Crippen LogP contribution < -0.4 is 0 Å². The first-order valence-electron chi connectivity index (χ1n) is 29.5. The van der Waals surface area contributed by atoms with Gasteiger partial charge in [-0.2, -0.15) is 0 Å². The van der Waals surface area contributed by atoms with E-state index in [1.54, 1.807) is 0 Å². The summed E-state index contributed by atoms with van der Waals surface area (Å²) in [4.78, 5) is 39.0. The topological polar surface area (TPSA) is 78.9 Å². The number of ether oxygens (including phenoxy) is 3. The molecule has 63 heavy (non-hydrogen) atoms.